The van der Waals surface area contributed by atoms with Gasteiger partial charge in [-0.2, -0.15) is 4.98 Å². The van der Waals surface area contributed by atoms with Crippen molar-refractivity contribution in [1.29, 1.82) is 0 Å². The quantitative estimate of drug-likeness (QED) is 0.322. The SMILES string of the molecule is CCC(C)(C)C(=O)NCCCNc1nc(Nc2cccc(NC(=O)N3CCCC3)c2)ncc1Br. The summed E-state index contributed by atoms with van der Waals surface area (Å²) in [6.07, 6.45) is 5.36. The first kappa shape index (κ1) is 25.7. The van der Waals surface area contributed by atoms with Crippen LogP contribution in [0.1, 0.15) is 46.5 Å². The molecule has 0 saturated carbocycles. The van der Waals surface area contributed by atoms with Crippen molar-refractivity contribution in [3.05, 3.63) is 34.9 Å². The number of halogens is 1. The zero-order valence-corrected chi connectivity index (χ0v) is 21.7. The van der Waals surface area contributed by atoms with Gasteiger partial charge < -0.3 is 26.2 Å². The number of nitrogens with one attached hydrogen (secondary N) is 4. The Balaban J connectivity index is 1.51. The van der Waals surface area contributed by atoms with E-state index >= 15 is 0 Å². The molecule has 0 aliphatic carbocycles. The molecule has 2 heterocycles. The third-order valence-electron chi connectivity index (χ3n) is 5.94. The topological polar surface area (TPSA) is 111 Å². The molecule has 0 unspecified atom stereocenters. The minimum Gasteiger partial charge on any atom is -0.369 e. The average Bonchev–Trinajstić information content (AvgIpc) is 3.36. The van der Waals surface area contributed by atoms with Gasteiger partial charge in [-0.25, -0.2) is 9.78 Å². The number of benzene rings is 1. The van der Waals surface area contributed by atoms with Crippen LogP contribution in [0.2, 0.25) is 0 Å². The Kier molecular flexibility index (Phi) is 9.09. The van der Waals surface area contributed by atoms with E-state index in [1.165, 1.54) is 0 Å². The number of likely N-dealkylation sites (tertiary alicyclic amines) is 1. The lowest BCUT2D eigenvalue weighted by Crippen LogP contribution is -2.37. The number of nitrogens with zero attached hydrogens (tertiary/aromatic N) is 3. The molecule has 10 heteroatoms. The van der Waals surface area contributed by atoms with Crippen molar-refractivity contribution < 1.29 is 9.59 Å². The maximum absolute atomic E-state index is 12.3. The Morgan fingerprint density at radius 3 is 2.62 bits per heavy atom. The molecule has 34 heavy (non-hydrogen) atoms. The van der Waals surface area contributed by atoms with Gasteiger partial charge in [0.15, 0.2) is 0 Å². The predicted octanol–water partition coefficient (Wildman–Crippen LogP) is 4.96. The molecule has 1 fully saturated rings. The average molecular weight is 532 g/mol. The van der Waals surface area contributed by atoms with Crippen molar-refractivity contribution in [3.8, 4) is 0 Å². The van der Waals surface area contributed by atoms with Crippen LogP contribution < -0.4 is 21.3 Å². The van der Waals surface area contributed by atoms with Crippen molar-refractivity contribution in [2.45, 2.75) is 46.5 Å². The van der Waals surface area contributed by atoms with E-state index in [0.717, 1.165) is 48.9 Å². The van der Waals surface area contributed by atoms with Crippen LogP contribution in [-0.2, 0) is 4.79 Å². The largest absolute Gasteiger partial charge is 0.369 e. The second kappa shape index (κ2) is 12.0. The summed E-state index contributed by atoms with van der Waals surface area (Å²) in [5.41, 5.74) is 1.14. The van der Waals surface area contributed by atoms with Crippen molar-refractivity contribution in [1.82, 2.24) is 20.2 Å². The van der Waals surface area contributed by atoms with Gasteiger partial charge in [-0.05, 0) is 59.8 Å². The summed E-state index contributed by atoms with van der Waals surface area (Å²) in [6.45, 7) is 8.76. The van der Waals surface area contributed by atoms with Gasteiger partial charge in [0, 0.05) is 49.2 Å². The van der Waals surface area contributed by atoms with Crippen molar-refractivity contribution in [3.63, 3.8) is 0 Å². The Labute approximate surface area is 209 Å². The van der Waals surface area contributed by atoms with Crippen molar-refractivity contribution in [2.75, 3.05) is 42.1 Å². The molecule has 0 bridgehead atoms. The van der Waals surface area contributed by atoms with Crippen molar-refractivity contribution in [2.24, 2.45) is 5.41 Å². The Morgan fingerprint density at radius 1 is 1.15 bits per heavy atom. The fourth-order valence-electron chi connectivity index (χ4n) is 3.37. The van der Waals surface area contributed by atoms with E-state index in [9.17, 15) is 9.59 Å². The summed E-state index contributed by atoms with van der Waals surface area (Å²) >= 11 is 3.48. The molecule has 0 atom stereocenters. The summed E-state index contributed by atoms with van der Waals surface area (Å²) in [5.74, 6) is 1.17. The van der Waals surface area contributed by atoms with Crippen LogP contribution in [0.3, 0.4) is 0 Å². The third-order valence-corrected chi connectivity index (χ3v) is 6.52. The van der Waals surface area contributed by atoms with Crippen molar-refractivity contribution >= 4 is 51.0 Å². The van der Waals surface area contributed by atoms with E-state index < -0.39 is 0 Å². The minimum atomic E-state index is -0.349. The standard InChI is InChI=1S/C24H34BrN7O2/c1-4-24(2,3)21(33)27-12-8-11-26-20-19(25)16-28-22(31-20)29-17-9-7-10-18(15-17)30-23(34)32-13-5-6-14-32/h7,9-10,15-16H,4-6,8,11-14H2,1-3H3,(H,27,33)(H,30,34)(H2,26,28,29,31). The number of urea groups is 1. The van der Waals surface area contributed by atoms with Crippen LogP contribution in [-0.4, -0.2) is 53.0 Å². The highest BCUT2D eigenvalue weighted by Gasteiger charge is 2.24. The minimum absolute atomic E-state index is 0.0727. The molecule has 1 saturated heterocycles. The summed E-state index contributed by atoms with van der Waals surface area (Å²) in [6, 6.07) is 7.40. The van der Waals surface area contributed by atoms with Crippen LogP contribution >= 0.6 is 15.9 Å². The van der Waals surface area contributed by atoms with E-state index in [4.69, 9.17) is 0 Å². The fraction of sp³-hybridized carbons (Fsp3) is 0.500. The summed E-state index contributed by atoms with van der Waals surface area (Å²) < 4.78 is 0.751. The van der Waals surface area contributed by atoms with Gasteiger partial charge in [-0.1, -0.05) is 26.8 Å². The molecule has 3 amide bonds. The Morgan fingerprint density at radius 2 is 1.88 bits per heavy atom. The first-order valence-corrected chi connectivity index (χ1v) is 12.6. The lowest BCUT2D eigenvalue weighted by Gasteiger charge is -2.21. The van der Waals surface area contributed by atoms with E-state index in [1.807, 2.05) is 49.9 Å². The summed E-state index contributed by atoms with van der Waals surface area (Å²) in [4.78, 5) is 35.2. The maximum Gasteiger partial charge on any atom is 0.321 e. The van der Waals surface area contributed by atoms with Gasteiger partial charge in [-0.3, -0.25) is 4.79 Å². The van der Waals surface area contributed by atoms with Crippen LogP contribution in [0.25, 0.3) is 0 Å². The zero-order valence-electron chi connectivity index (χ0n) is 20.1. The number of rotatable bonds is 10. The lowest BCUT2D eigenvalue weighted by atomic mass is 9.89. The number of carbonyl (C=O) groups is 2. The highest BCUT2D eigenvalue weighted by atomic mass is 79.9. The third kappa shape index (κ3) is 7.31. The molecule has 0 spiro atoms. The summed E-state index contributed by atoms with van der Waals surface area (Å²) in [7, 11) is 0. The first-order valence-electron chi connectivity index (χ1n) is 11.8. The molecule has 0 radical (unpaired) electrons. The Hall–Kier alpha value is -2.88. The number of hydrogen-bond acceptors (Lipinski definition) is 6. The van der Waals surface area contributed by atoms with E-state index in [1.54, 1.807) is 6.20 Å². The molecule has 9 nitrogen and oxygen atoms in total. The number of carbonyl (C=O) groups excluding carboxylic acids is 2. The van der Waals surface area contributed by atoms with Gasteiger partial charge in [0.05, 0.1) is 4.47 Å². The second-order valence-corrected chi connectivity index (χ2v) is 9.85. The summed E-state index contributed by atoms with van der Waals surface area (Å²) in [5, 5.41) is 12.4. The number of aromatic nitrogens is 2. The highest BCUT2D eigenvalue weighted by Crippen LogP contribution is 2.24. The molecular weight excluding hydrogens is 498 g/mol. The molecule has 1 aliphatic heterocycles. The van der Waals surface area contributed by atoms with Crippen LogP contribution in [0, 0.1) is 5.41 Å². The van der Waals surface area contributed by atoms with Gasteiger partial charge in [0.2, 0.25) is 11.9 Å². The zero-order chi connectivity index (χ0) is 24.6. The number of anilines is 4. The number of hydrogen-bond donors (Lipinski definition) is 4. The van der Waals surface area contributed by atoms with E-state index in [2.05, 4.69) is 47.2 Å². The lowest BCUT2D eigenvalue weighted by molar-refractivity contribution is -0.129. The molecular formula is C24H34BrN7O2. The molecule has 184 valence electrons. The molecule has 1 aliphatic rings. The molecule has 1 aromatic carbocycles. The number of amides is 3. The van der Waals surface area contributed by atoms with Gasteiger partial charge >= 0.3 is 6.03 Å². The van der Waals surface area contributed by atoms with Crippen LogP contribution in [0.15, 0.2) is 34.9 Å². The molecule has 3 rings (SSSR count). The molecule has 2 aromatic rings. The molecule has 4 N–H and O–H groups in total. The second-order valence-electron chi connectivity index (χ2n) is 8.99. The van der Waals surface area contributed by atoms with Gasteiger partial charge in [0.1, 0.15) is 5.82 Å². The van der Waals surface area contributed by atoms with Crippen LogP contribution in [0.5, 0.6) is 0 Å². The van der Waals surface area contributed by atoms with Gasteiger partial charge in [0.25, 0.3) is 0 Å². The van der Waals surface area contributed by atoms with E-state index in [-0.39, 0.29) is 17.4 Å². The van der Waals surface area contributed by atoms with E-state index in [0.29, 0.717) is 30.5 Å². The smallest absolute Gasteiger partial charge is 0.321 e. The highest BCUT2D eigenvalue weighted by molar-refractivity contribution is 9.10. The predicted molar refractivity (Wildman–Crippen MR) is 139 cm³/mol. The Bertz CT molecular complexity index is 993. The molecule has 1 aromatic heterocycles. The maximum atomic E-state index is 12.3. The van der Waals surface area contributed by atoms with Gasteiger partial charge in [-0.15, -0.1) is 0 Å². The first-order chi connectivity index (χ1) is 16.3. The van der Waals surface area contributed by atoms with Crippen LogP contribution in [0.4, 0.5) is 27.9 Å². The normalized spacial score (nSPS) is 13.5. The fourth-order valence-corrected chi connectivity index (χ4v) is 3.71. The monoisotopic (exact) mass is 531 g/mol.